The van der Waals surface area contributed by atoms with E-state index in [9.17, 15) is 0 Å². The third-order valence-electron chi connectivity index (χ3n) is 5.23. The van der Waals surface area contributed by atoms with Gasteiger partial charge in [0.15, 0.2) is 11.0 Å². The van der Waals surface area contributed by atoms with Gasteiger partial charge in [0.05, 0.1) is 16.3 Å². The molecular formula is C22H29N7OS. The SMILES string of the molecule is CC(C)Oc1ccc(/C(N)=N/NN)c(CN2CCN(c3nc4ccccc4s3)CC2)c1. The van der Waals surface area contributed by atoms with Gasteiger partial charge < -0.3 is 15.4 Å². The van der Waals surface area contributed by atoms with Gasteiger partial charge in [-0.25, -0.2) is 16.4 Å². The Morgan fingerprint density at radius 3 is 2.68 bits per heavy atom. The number of nitrogens with one attached hydrogen (secondary N) is 1. The average molecular weight is 440 g/mol. The number of hydrazine groups is 1. The summed E-state index contributed by atoms with van der Waals surface area (Å²) < 4.78 is 7.12. The van der Waals surface area contributed by atoms with Gasteiger partial charge in [0, 0.05) is 38.3 Å². The Labute approximate surface area is 186 Å². The summed E-state index contributed by atoms with van der Waals surface area (Å²) in [6, 6.07) is 14.2. The molecule has 4 rings (SSSR count). The number of hydrogen-bond donors (Lipinski definition) is 3. The van der Waals surface area contributed by atoms with E-state index in [1.165, 1.54) is 4.70 Å². The van der Waals surface area contributed by atoms with E-state index in [0.717, 1.165) is 60.2 Å². The van der Waals surface area contributed by atoms with Crippen molar-refractivity contribution in [2.24, 2.45) is 16.7 Å². The summed E-state index contributed by atoms with van der Waals surface area (Å²) in [4.78, 5) is 9.59. The van der Waals surface area contributed by atoms with E-state index in [-0.39, 0.29) is 6.10 Å². The van der Waals surface area contributed by atoms with Crippen LogP contribution in [0.3, 0.4) is 0 Å². The number of hydrazone groups is 1. The van der Waals surface area contributed by atoms with Crippen molar-refractivity contribution in [3.05, 3.63) is 53.6 Å². The van der Waals surface area contributed by atoms with Crippen molar-refractivity contribution < 1.29 is 4.74 Å². The van der Waals surface area contributed by atoms with Crippen molar-refractivity contribution in [2.75, 3.05) is 31.1 Å². The predicted molar refractivity (Wildman–Crippen MR) is 127 cm³/mol. The second-order valence-corrected chi connectivity index (χ2v) is 8.85. The minimum absolute atomic E-state index is 0.104. The lowest BCUT2D eigenvalue weighted by molar-refractivity contribution is 0.238. The zero-order valence-corrected chi connectivity index (χ0v) is 18.7. The number of thiazole rings is 1. The Morgan fingerprint density at radius 2 is 1.97 bits per heavy atom. The molecule has 1 aliphatic rings. The predicted octanol–water partition coefficient (Wildman–Crippen LogP) is 2.49. The van der Waals surface area contributed by atoms with Gasteiger partial charge in [0.2, 0.25) is 0 Å². The van der Waals surface area contributed by atoms with Gasteiger partial charge in [0.1, 0.15) is 5.75 Å². The molecule has 1 aliphatic heterocycles. The van der Waals surface area contributed by atoms with E-state index in [1.54, 1.807) is 11.3 Å². The zero-order chi connectivity index (χ0) is 21.8. The number of fused-ring (bicyclic) bond motifs is 1. The van der Waals surface area contributed by atoms with Crippen molar-refractivity contribution in [3.63, 3.8) is 0 Å². The Kier molecular flexibility index (Phi) is 6.55. The lowest BCUT2D eigenvalue weighted by Crippen LogP contribution is -2.46. The highest BCUT2D eigenvalue weighted by atomic mass is 32.1. The normalized spacial score (nSPS) is 15.6. The molecule has 0 saturated carbocycles. The maximum absolute atomic E-state index is 6.13. The first-order chi connectivity index (χ1) is 15.0. The highest BCUT2D eigenvalue weighted by Crippen LogP contribution is 2.29. The van der Waals surface area contributed by atoms with E-state index in [2.05, 4.69) is 38.6 Å². The molecule has 31 heavy (non-hydrogen) atoms. The minimum atomic E-state index is 0.104. The van der Waals surface area contributed by atoms with Crippen LogP contribution in [-0.2, 0) is 6.54 Å². The molecule has 1 aromatic heterocycles. The highest BCUT2D eigenvalue weighted by Gasteiger charge is 2.21. The second kappa shape index (κ2) is 9.51. The largest absolute Gasteiger partial charge is 0.491 e. The molecular weight excluding hydrogens is 410 g/mol. The van der Waals surface area contributed by atoms with Crippen LogP contribution in [0, 0.1) is 0 Å². The molecule has 2 heterocycles. The highest BCUT2D eigenvalue weighted by molar-refractivity contribution is 7.22. The number of benzene rings is 2. The lowest BCUT2D eigenvalue weighted by Gasteiger charge is -2.35. The van der Waals surface area contributed by atoms with Gasteiger partial charge in [-0.05, 0) is 49.7 Å². The van der Waals surface area contributed by atoms with E-state index in [1.807, 2.05) is 38.1 Å². The van der Waals surface area contributed by atoms with Crippen LogP contribution in [0.2, 0.25) is 0 Å². The molecule has 1 fully saturated rings. The number of aromatic nitrogens is 1. The number of para-hydroxylation sites is 1. The average Bonchev–Trinajstić information content (AvgIpc) is 3.18. The molecule has 3 aromatic rings. The molecule has 9 heteroatoms. The monoisotopic (exact) mass is 439 g/mol. The number of rotatable bonds is 7. The summed E-state index contributed by atoms with van der Waals surface area (Å²) in [6.45, 7) is 8.55. The molecule has 0 aliphatic carbocycles. The fourth-order valence-corrected chi connectivity index (χ4v) is 4.78. The van der Waals surface area contributed by atoms with Crippen molar-refractivity contribution >= 4 is 32.5 Å². The number of hydrogen-bond acceptors (Lipinski definition) is 8. The van der Waals surface area contributed by atoms with Crippen LogP contribution in [0.4, 0.5) is 5.13 Å². The van der Waals surface area contributed by atoms with Crippen molar-refractivity contribution in [3.8, 4) is 5.75 Å². The molecule has 0 spiro atoms. The van der Waals surface area contributed by atoms with Crippen LogP contribution in [0.5, 0.6) is 5.75 Å². The second-order valence-electron chi connectivity index (χ2n) is 7.84. The number of anilines is 1. The fraction of sp³-hybridized carbons (Fsp3) is 0.364. The van der Waals surface area contributed by atoms with Crippen LogP contribution < -0.4 is 26.7 Å². The summed E-state index contributed by atoms with van der Waals surface area (Å²) >= 11 is 1.76. The maximum atomic E-state index is 6.13. The van der Waals surface area contributed by atoms with Crippen molar-refractivity contribution in [1.29, 1.82) is 0 Å². The van der Waals surface area contributed by atoms with Crippen LogP contribution in [0.25, 0.3) is 10.2 Å². The van der Waals surface area contributed by atoms with E-state index >= 15 is 0 Å². The van der Waals surface area contributed by atoms with Crippen LogP contribution in [0.1, 0.15) is 25.0 Å². The van der Waals surface area contributed by atoms with Crippen LogP contribution >= 0.6 is 11.3 Å². The number of nitrogens with zero attached hydrogens (tertiary/aromatic N) is 4. The molecule has 0 amide bonds. The Balaban J connectivity index is 1.47. The third kappa shape index (κ3) is 5.07. The topological polar surface area (TPSA) is 105 Å². The number of nitrogens with two attached hydrogens (primary N) is 2. The van der Waals surface area contributed by atoms with Crippen molar-refractivity contribution in [1.82, 2.24) is 15.4 Å². The molecule has 5 N–H and O–H groups in total. The van der Waals surface area contributed by atoms with Crippen molar-refractivity contribution in [2.45, 2.75) is 26.5 Å². The first-order valence-electron chi connectivity index (χ1n) is 10.4. The van der Waals surface area contributed by atoms with E-state index < -0.39 is 0 Å². The first-order valence-corrected chi connectivity index (χ1v) is 11.3. The quantitative estimate of drug-likeness (QED) is 0.225. The van der Waals surface area contributed by atoms with E-state index in [4.69, 9.17) is 21.3 Å². The van der Waals surface area contributed by atoms with Crippen LogP contribution in [0.15, 0.2) is 47.6 Å². The molecule has 1 saturated heterocycles. The summed E-state index contributed by atoms with van der Waals surface area (Å²) in [6.07, 6.45) is 0.104. The Morgan fingerprint density at radius 1 is 1.19 bits per heavy atom. The molecule has 0 radical (unpaired) electrons. The first kappa shape index (κ1) is 21.4. The summed E-state index contributed by atoms with van der Waals surface area (Å²) in [5, 5.41) is 5.06. The van der Waals surface area contributed by atoms with Gasteiger partial charge in [0.25, 0.3) is 0 Å². The summed E-state index contributed by atoms with van der Waals surface area (Å²) in [7, 11) is 0. The summed E-state index contributed by atoms with van der Waals surface area (Å²) in [5.41, 5.74) is 11.4. The van der Waals surface area contributed by atoms with Gasteiger partial charge in [-0.15, -0.1) is 5.10 Å². The molecule has 8 nitrogen and oxygen atoms in total. The van der Waals surface area contributed by atoms with Gasteiger partial charge >= 0.3 is 0 Å². The lowest BCUT2D eigenvalue weighted by atomic mass is 10.0. The van der Waals surface area contributed by atoms with Crippen LogP contribution in [-0.4, -0.2) is 48.0 Å². The summed E-state index contributed by atoms with van der Waals surface area (Å²) in [5.74, 6) is 6.52. The molecule has 2 aromatic carbocycles. The van der Waals surface area contributed by atoms with Gasteiger partial charge in [-0.2, -0.15) is 0 Å². The number of amidine groups is 1. The fourth-order valence-electron chi connectivity index (χ4n) is 3.76. The molecule has 0 bridgehead atoms. The smallest absolute Gasteiger partial charge is 0.186 e. The maximum Gasteiger partial charge on any atom is 0.186 e. The Bertz CT molecular complexity index is 1020. The number of piperazine rings is 1. The van der Waals surface area contributed by atoms with Gasteiger partial charge in [-0.1, -0.05) is 23.5 Å². The minimum Gasteiger partial charge on any atom is -0.491 e. The molecule has 0 unspecified atom stereocenters. The number of ether oxygens (including phenoxy) is 1. The molecule has 164 valence electrons. The Hall–Kier alpha value is -2.88. The standard InChI is InChI=1S/C22H29N7OS/c1-15(2)30-17-7-8-18(21(23)26-27-24)16(13-17)14-28-9-11-29(12-10-28)22-25-19-5-3-4-6-20(19)31-22/h3-8,13,15,27H,9-12,14,24H2,1-2H3,(H2,23,26). The third-order valence-corrected chi connectivity index (χ3v) is 6.33. The van der Waals surface area contributed by atoms with Gasteiger partial charge in [-0.3, -0.25) is 4.90 Å². The van der Waals surface area contributed by atoms with E-state index in [0.29, 0.717) is 5.84 Å². The zero-order valence-electron chi connectivity index (χ0n) is 17.9. The molecule has 0 atom stereocenters.